The van der Waals surface area contributed by atoms with Gasteiger partial charge >= 0.3 is 0 Å². The summed E-state index contributed by atoms with van der Waals surface area (Å²) in [5.74, 6) is 1.13. The van der Waals surface area contributed by atoms with E-state index >= 15 is 0 Å². The molecule has 0 aliphatic heterocycles. The van der Waals surface area contributed by atoms with Crippen LogP contribution in [0.15, 0.2) is 89.3 Å². The van der Waals surface area contributed by atoms with Crippen LogP contribution in [-0.2, 0) is 4.79 Å². The van der Waals surface area contributed by atoms with Gasteiger partial charge in [0.2, 0.25) is 11.8 Å². The van der Waals surface area contributed by atoms with Crippen LogP contribution in [0.5, 0.6) is 5.75 Å². The Hall–Kier alpha value is -4.01. The summed E-state index contributed by atoms with van der Waals surface area (Å²) in [6.45, 7) is 0.378. The lowest BCUT2D eigenvalue weighted by Gasteiger charge is -2.06. The standard InChI is InChI=1S/C27H21ClN2O3/c28-21-13-15-22(16-14-21)32-17-7-12-24(31)30-27-23(18-29)25(19-8-3-1-4-9-19)26(33-27)20-10-5-2-6-11-20/h1-6,8-11,13-16H,7,12,17H2,(H,30,31). The Kier molecular flexibility index (Phi) is 7.09. The Labute approximate surface area is 197 Å². The van der Waals surface area contributed by atoms with Gasteiger partial charge in [-0.2, -0.15) is 5.26 Å². The molecule has 1 amide bonds. The number of nitriles is 1. The highest BCUT2D eigenvalue weighted by atomic mass is 35.5. The summed E-state index contributed by atoms with van der Waals surface area (Å²) < 4.78 is 11.7. The van der Waals surface area contributed by atoms with E-state index in [-0.39, 0.29) is 18.2 Å². The lowest BCUT2D eigenvalue weighted by molar-refractivity contribution is -0.116. The topological polar surface area (TPSA) is 75.3 Å². The molecular weight excluding hydrogens is 436 g/mol. The highest BCUT2D eigenvalue weighted by Gasteiger charge is 2.24. The number of anilines is 1. The molecule has 5 nitrogen and oxygen atoms in total. The van der Waals surface area contributed by atoms with Crippen LogP contribution in [0.1, 0.15) is 18.4 Å². The Morgan fingerprint density at radius 1 is 0.939 bits per heavy atom. The fraction of sp³-hybridized carbons (Fsp3) is 0.111. The molecule has 0 radical (unpaired) electrons. The third kappa shape index (κ3) is 5.43. The smallest absolute Gasteiger partial charge is 0.226 e. The van der Waals surface area contributed by atoms with Crippen molar-refractivity contribution in [2.24, 2.45) is 0 Å². The van der Waals surface area contributed by atoms with E-state index in [1.165, 1.54) is 0 Å². The van der Waals surface area contributed by atoms with Gasteiger partial charge in [-0.25, -0.2) is 0 Å². The summed E-state index contributed by atoms with van der Waals surface area (Å²) in [5, 5.41) is 13.3. The molecule has 1 N–H and O–H groups in total. The van der Waals surface area contributed by atoms with Crippen molar-refractivity contribution in [3.05, 3.63) is 95.5 Å². The average molecular weight is 457 g/mol. The molecule has 0 aliphatic carbocycles. The van der Waals surface area contributed by atoms with E-state index in [0.29, 0.717) is 40.7 Å². The number of ether oxygens (including phenoxy) is 1. The van der Waals surface area contributed by atoms with Gasteiger partial charge in [-0.3, -0.25) is 10.1 Å². The molecule has 3 aromatic carbocycles. The number of nitrogens with one attached hydrogen (secondary N) is 1. The number of halogens is 1. The van der Waals surface area contributed by atoms with Gasteiger partial charge in [0.1, 0.15) is 23.1 Å². The highest BCUT2D eigenvalue weighted by molar-refractivity contribution is 6.30. The van der Waals surface area contributed by atoms with E-state index in [0.717, 1.165) is 11.1 Å². The fourth-order valence-corrected chi connectivity index (χ4v) is 3.57. The van der Waals surface area contributed by atoms with Crippen molar-refractivity contribution in [1.82, 2.24) is 0 Å². The van der Waals surface area contributed by atoms with Crippen molar-refractivity contribution in [2.75, 3.05) is 11.9 Å². The van der Waals surface area contributed by atoms with Crippen molar-refractivity contribution in [3.8, 4) is 34.3 Å². The maximum atomic E-state index is 12.6. The van der Waals surface area contributed by atoms with E-state index in [1.54, 1.807) is 24.3 Å². The van der Waals surface area contributed by atoms with E-state index in [4.69, 9.17) is 20.8 Å². The van der Waals surface area contributed by atoms with Gasteiger partial charge in [-0.05, 0) is 36.2 Å². The van der Waals surface area contributed by atoms with Crippen molar-refractivity contribution >= 4 is 23.4 Å². The molecule has 0 atom stereocenters. The number of rotatable bonds is 8. The summed E-state index contributed by atoms with van der Waals surface area (Å²) in [6, 6.07) is 28.3. The van der Waals surface area contributed by atoms with Gasteiger partial charge in [-0.15, -0.1) is 0 Å². The van der Waals surface area contributed by atoms with E-state index in [2.05, 4.69) is 11.4 Å². The minimum atomic E-state index is -0.251. The monoisotopic (exact) mass is 456 g/mol. The number of nitrogens with zero attached hydrogens (tertiary/aromatic N) is 1. The van der Waals surface area contributed by atoms with Gasteiger partial charge in [0.15, 0.2) is 0 Å². The highest BCUT2D eigenvalue weighted by Crippen LogP contribution is 2.41. The molecule has 0 unspecified atom stereocenters. The molecule has 164 valence electrons. The molecule has 1 aromatic heterocycles. The second-order valence-electron chi connectivity index (χ2n) is 7.31. The van der Waals surface area contributed by atoms with E-state index in [1.807, 2.05) is 60.7 Å². The molecule has 4 aromatic rings. The summed E-state index contributed by atoms with van der Waals surface area (Å²) in [4.78, 5) is 12.6. The van der Waals surface area contributed by atoms with Gasteiger partial charge < -0.3 is 9.15 Å². The van der Waals surface area contributed by atoms with Crippen molar-refractivity contribution < 1.29 is 13.9 Å². The van der Waals surface area contributed by atoms with E-state index < -0.39 is 0 Å². The second kappa shape index (κ2) is 10.5. The van der Waals surface area contributed by atoms with Gasteiger partial charge in [0, 0.05) is 22.6 Å². The van der Waals surface area contributed by atoms with Crippen molar-refractivity contribution in [3.63, 3.8) is 0 Å². The van der Waals surface area contributed by atoms with Gasteiger partial charge in [-0.1, -0.05) is 72.3 Å². The maximum Gasteiger partial charge on any atom is 0.226 e. The molecule has 0 fully saturated rings. The van der Waals surface area contributed by atoms with Gasteiger partial charge in [0.05, 0.1) is 6.61 Å². The maximum absolute atomic E-state index is 12.6. The predicted octanol–water partition coefficient (Wildman–Crippen LogP) is 6.94. The lowest BCUT2D eigenvalue weighted by Crippen LogP contribution is -2.13. The number of benzene rings is 3. The fourth-order valence-electron chi connectivity index (χ4n) is 3.44. The molecular formula is C27H21ClN2O3. The summed E-state index contributed by atoms with van der Waals surface area (Å²) in [6.07, 6.45) is 0.731. The first kappa shape index (κ1) is 22.2. The zero-order valence-electron chi connectivity index (χ0n) is 17.8. The molecule has 4 rings (SSSR count). The third-order valence-electron chi connectivity index (χ3n) is 5.00. The van der Waals surface area contributed by atoms with Crippen LogP contribution in [0.2, 0.25) is 5.02 Å². The van der Waals surface area contributed by atoms with Crippen molar-refractivity contribution in [2.45, 2.75) is 12.8 Å². The average Bonchev–Trinajstić information content (AvgIpc) is 3.22. The second-order valence-corrected chi connectivity index (χ2v) is 7.74. The zero-order chi connectivity index (χ0) is 23.0. The first-order valence-electron chi connectivity index (χ1n) is 10.5. The van der Waals surface area contributed by atoms with E-state index in [9.17, 15) is 10.1 Å². The Balaban J connectivity index is 1.50. The van der Waals surface area contributed by atoms with Gasteiger partial charge in [0.25, 0.3) is 0 Å². The first-order chi connectivity index (χ1) is 16.2. The Morgan fingerprint density at radius 3 is 2.21 bits per heavy atom. The molecule has 0 aliphatic rings. The molecule has 0 bridgehead atoms. The summed E-state index contributed by atoms with van der Waals surface area (Å²) >= 11 is 5.87. The van der Waals surface area contributed by atoms with Crippen LogP contribution >= 0.6 is 11.6 Å². The Morgan fingerprint density at radius 2 is 1.58 bits per heavy atom. The van der Waals surface area contributed by atoms with Crippen LogP contribution in [0.25, 0.3) is 22.5 Å². The molecule has 0 spiro atoms. The van der Waals surface area contributed by atoms with Crippen LogP contribution in [0, 0.1) is 11.3 Å². The quantitative estimate of drug-likeness (QED) is 0.291. The number of carbonyl (C=O) groups excluding carboxylic acids is 1. The summed E-state index contributed by atoms with van der Waals surface area (Å²) in [7, 11) is 0. The van der Waals surface area contributed by atoms with Crippen molar-refractivity contribution in [1.29, 1.82) is 5.26 Å². The van der Waals surface area contributed by atoms with Crippen LogP contribution in [0.3, 0.4) is 0 Å². The SMILES string of the molecule is N#Cc1c(NC(=O)CCCOc2ccc(Cl)cc2)oc(-c2ccccc2)c1-c1ccccc1. The van der Waals surface area contributed by atoms with Crippen LogP contribution < -0.4 is 10.1 Å². The Bertz CT molecular complexity index is 1260. The number of amides is 1. The number of furan rings is 1. The first-order valence-corrected chi connectivity index (χ1v) is 10.9. The molecule has 0 saturated heterocycles. The molecule has 6 heteroatoms. The number of carbonyl (C=O) groups is 1. The molecule has 33 heavy (non-hydrogen) atoms. The normalized spacial score (nSPS) is 10.4. The minimum absolute atomic E-state index is 0.152. The number of hydrogen-bond acceptors (Lipinski definition) is 4. The largest absolute Gasteiger partial charge is 0.494 e. The zero-order valence-corrected chi connectivity index (χ0v) is 18.5. The molecule has 1 heterocycles. The molecule has 0 saturated carbocycles. The minimum Gasteiger partial charge on any atom is -0.494 e. The summed E-state index contributed by atoms with van der Waals surface area (Å²) in [5.41, 5.74) is 2.62. The lowest BCUT2D eigenvalue weighted by atomic mass is 9.98. The predicted molar refractivity (Wildman–Crippen MR) is 129 cm³/mol. The van der Waals surface area contributed by atoms with Crippen LogP contribution in [0.4, 0.5) is 5.88 Å². The van der Waals surface area contributed by atoms with Crippen LogP contribution in [-0.4, -0.2) is 12.5 Å². The third-order valence-corrected chi connectivity index (χ3v) is 5.25. The number of hydrogen-bond donors (Lipinski definition) is 1.